The van der Waals surface area contributed by atoms with Crippen LogP contribution in [0.25, 0.3) is 0 Å². The van der Waals surface area contributed by atoms with Crippen molar-refractivity contribution in [2.45, 2.75) is 58.8 Å². The van der Waals surface area contributed by atoms with Crippen LogP contribution in [0, 0.1) is 5.92 Å². The molecule has 148 valence electrons. The molecule has 0 aliphatic carbocycles. The van der Waals surface area contributed by atoms with Crippen LogP contribution in [-0.4, -0.2) is 57.9 Å². The van der Waals surface area contributed by atoms with Crippen LogP contribution in [0.1, 0.15) is 39.8 Å². The molecule has 2 atom stereocenters. The monoisotopic (exact) mass is 378 g/mol. The Balaban J connectivity index is 1.82. The summed E-state index contributed by atoms with van der Waals surface area (Å²) in [6.45, 7) is 8.46. The van der Waals surface area contributed by atoms with Crippen molar-refractivity contribution in [3.63, 3.8) is 0 Å². The zero-order valence-electron chi connectivity index (χ0n) is 16.4. The number of fused-ring (bicyclic) bond motifs is 1. The van der Waals surface area contributed by atoms with Gasteiger partial charge in [0.1, 0.15) is 5.60 Å². The molecule has 0 radical (unpaired) electrons. The molecular weight excluding hydrogens is 352 g/mol. The second kappa shape index (κ2) is 6.86. The second-order valence-electron chi connectivity index (χ2n) is 8.04. The molecule has 0 spiro atoms. The van der Waals surface area contributed by atoms with Crippen molar-refractivity contribution in [2.75, 3.05) is 18.6 Å². The molecule has 1 fully saturated rings. The maximum absolute atomic E-state index is 12.6. The Morgan fingerprint density at radius 3 is 2.59 bits per heavy atom. The van der Waals surface area contributed by atoms with Crippen LogP contribution in [0.4, 0.5) is 10.5 Å². The third-order valence-corrected chi connectivity index (χ3v) is 4.79. The smallest absolute Gasteiger partial charge is 0.410 e. The molecule has 9 heteroatoms. The van der Waals surface area contributed by atoms with Gasteiger partial charge in [-0.05, 0) is 27.7 Å². The molecule has 27 heavy (non-hydrogen) atoms. The first-order chi connectivity index (χ1) is 12.6. The van der Waals surface area contributed by atoms with E-state index >= 15 is 0 Å². The highest BCUT2D eigenvalue weighted by atomic mass is 16.6. The number of carbonyl (C=O) groups is 3. The fourth-order valence-electron chi connectivity index (χ4n) is 3.44. The van der Waals surface area contributed by atoms with Crippen LogP contribution in [0.15, 0.2) is 6.20 Å². The summed E-state index contributed by atoms with van der Waals surface area (Å²) in [6.07, 6.45) is 1.34. The largest absolute Gasteiger partial charge is 0.469 e. The topological polar surface area (TPSA) is 94.0 Å². The summed E-state index contributed by atoms with van der Waals surface area (Å²) in [5, 5.41) is 4.37. The van der Waals surface area contributed by atoms with Crippen LogP contribution >= 0.6 is 0 Å². The van der Waals surface area contributed by atoms with Crippen molar-refractivity contribution in [3.8, 4) is 0 Å². The van der Waals surface area contributed by atoms with E-state index in [0.717, 1.165) is 5.69 Å². The molecule has 1 aromatic heterocycles. The first kappa shape index (κ1) is 19.2. The minimum absolute atomic E-state index is 0.0859. The van der Waals surface area contributed by atoms with Gasteiger partial charge in [0.25, 0.3) is 0 Å². The van der Waals surface area contributed by atoms with Gasteiger partial charge in [-0.2, -0.15) is 5.10 Å². The molecule has 1 aromatic rings. The highest BCUT2D eigenvalue weighted by molar-refractivity contribution is 5.99. The third-order valence-electron chi connectivity index (χ3n) is 4.79. The van der Waals surface area contributed by atoms with Gasteiger partial charge in [-0.1, -0.05) is 0 Å². The number of carbonyl (C=O) groups excluding carboxylic acids is 3. The van der Waals surface area contributed by atoms with Crippen molar-refractivity contribution in [1.29, 1.82) is 0 Å². The molecular formula is C18H26N4O5. The van der Waals surface area contributed by atoms with E-state index in [1.807, 2.05) is 27.7 Å². The quantitative estimate of drug-likeness (QED) is 0.725. The van der Waals surface area contributed by atoms with E-state index in [1.165, 1.54) is 7.11 Å². The van der Waals surface area contributed by atoms with Crippen molar-refractivity contribution < 1.29 is 23.9 Å². The fraction of sp³-hybridized carbons (Fsp3) is 0.667. The van der Waals surface area contributed by atoms with Crippen molar-refractivity contribution in [1.82, 2.24) is 14.7 Å². The third kappa shape index (κ3) is 3.77. The Bertz CT molecular complexity index is 766. The summed E-state index contributed by atoms with van der Waals surface area (Å²) >= 11 is 0. The molecule has 2 aliphatic heterocycles. The van der Waals surface area contributed by atoms with Gasteiger partial charge in [0, 0.05) is 13.0 Å². The van der Waals surface area contributed by atoms with Gasteiger partial charge in [0.2, 0.25) is 5.91 Å². The highest BCUT2D eigenvalue weighted by Crippen LogP contribution is 2.32. The lowest BCUT2D eigenvalue weighted by atomic mass is 10.1. The number of hydrogen-bond acceptors (Lipinski definition) is 6. The van der Waals surface area contributed by atoms with Gasteiger partial charge >= 0.3 is 12.1 Å². The van der Waals surface area contributed by atoms with Gasteiger partial charge in [-0.15, -0.1) is 0 Å². The average molecular weight is 378 g/mol. The standard InChI is InChI=1S/C18H26N4O5/c1-11-8-22-14(10-20(11)17(25)27-18(2,3)4)13(7-19-22)21-9-12(6-15(21)23)16(24)26-5/h7,11-12H,6,8-10H2,1-5H3/t11-,12?/m0/s1. The van der Waals surface area contributed by atoms with Crippen LogP contribution in [0.2, 0.25) is 0 Å². The van der Waals surface area contributed by atoms with Crippen molar-refractivity contribution >= 4 is 23.7 Å². The summed E-state index contributed by atoms with van der Waals surface area (Å²) in [5.41, 5.74) is 0.806. The Labute approximate surface area is 158 Å². The maximum atomic E-state index is 12.6. The highest BCUT2D eigenvalue weighted by Gasteiger charge is 2.39. The van der Waals surface area contributed by atoms with Crippen LogP contribution in [0.5, 0.6) is 0 Å². The number of aromatic nitrogens is 2. The number of nitrogens with zero attached hydrogens (tertiary/aromatic N) is 4. The predicted octanol–water partition coefficient (Wildman–Crippen LogP) is 1.55. The molecule has 0 bridgehead atoms. The first-order valence-corrected chi connectivity index (χ1v) is 9.03. The minimum Gasteiger partial charge on any atom is -0.469 e. The molecule has 0 N–H and O–H groups in total. The molecule has 3 rings (SSSR count). The normalized spacial score (nSPS) is 22.6. The van der Waals surface area contributed by atoms with E-state index in [4.69, 9.17) is 9.47 Å². The molecule has 2 amide bonds. The maximum Gasteiger partial charge on any atom is 0.410 e. The van der Waals surface area contributed by atoms with Gasteiger partial charge in [-0.25, -0.2) is 4.79 Å². The molecule has 1 unspecified atom stereocenters. The van der Waals surface area contributed by atoms with Crippen molar-refractivity contribution in [3.05, 3.63) is 11.9 Å². The Kier molecular flexibility index (Phi) is 4.88. The number of rotatable bonds is 2. The van der Waals surface area contributed by atoms with Gasteiger partial charge in [-0.3, -0.25) is 19.2 Å². The molecule has 0 aromatic carbocycles. The predicted molar refractivity (Wildman–Crippen MR) is 95.9 cm³/mol. The number of esters is 1. The molecule has 2 aliphatic rings. The zero-order chi connectivity index (χ0) is 19.9. The Hall–Kier alpha value is -2.58. The van der Waals surface area contributed by atoms with E-state index in [-0.39, 0.29) is 31.5 Å². The summed E-state index contributed by atoms with van der Waals surface area (Å²) in [7, 11) is 1.32. The summed E-state index contributed by atoms with van der Waals surface area (Å²) in [4.78, 5) is 40.0. The summed E-state index contributed by atoms with van der Waals surface area (Å²) in [6, 6.07) is -0.0859. The zero-order valence-corrected chi connectivity index (χ0v) is 16.4. The Morgan fingerprint density at radius 2 is 1.96 bits per heavy atom. The number of ether oxygens (including phenoxy) is 2. The van der Waals surface area contributed by atoms with Crippen LogP contribution < -0.4 is 4.90 Å². The number of hydrogen-bond donors (Lipinski definition) is 0. The minimum atomic E-state index is -0.587. The molecule has 0 saturated carbocycles. The molecule has 9 nitrogen and oxygen atoms in total. The van der Waals surface area contributed by atoms with Crippen LogP contribution in [0.3, 0.4) is 0 Å². The number of amides is 2. The summed E-state index contributed by atoms with van der Waals surface area (Å²) in [5.74, 6) is -1.03. The lowest BCUT2D eigenvalue weighted by molar-refractivity contribution is -0.145. The van der Waals surface area contributed by atoms with Gasteiger partial charge in [0.15, 0.2) is 0 Å². The van der Waals surface area contributed by atoms with E-state index in [9.17, 15) is 14.4 Å². The SMILES string of the molecule is COC(=O)C1CC(=O)N(c2cnn3c2CN(C(=O)OC(C)(C)C)[C@@H](C)C3)C1. The van der Waals surface area contributed by atoms with E-state index in [0.29, 0.717) is 12.2 Å². The molecule has 3 heterocycles. The van der Waals surface area contributed by atoms with Gasteiger partial charge < -0.3 is 14.4 Å². The van der Waals surface area contributed by atoms with Crippen molar-refractivity contribution in [2.24, 2.45) is 5.92 Å². The number of anilines is 1. The van der Waals surface area contributed by atoms with E-state index in [1.54, 1.807) is 20.7 Å². The fourth-order valence-corrected chi connectivity index (χ4v) is 3.44. The molecule has 1 saturated heterocycles. The lowest BCUT2D eigenvalue weighted by Gasteiger charge is -2.36. The average Bonchev–Trinajstić information content (AvgIpc) is 3.14. The summed E-state index contributed by atoms with van der Waals surface area (Å²) < 4.78 is 12.1. The first-order valence-electron chi connectivity index (χ1n) is 9.03. The van der Waals surface area contributed by atoms with E-state index in [2.05, 4.69) is 5.10 Å². The second-order valence-corrected chi connectivity index (χ2v) is 8.04. The Morgan fingerprint density at radius 1 is 1.26 bits per heavy atom. The van der Waals surface area contributed by atoms with Gasteiger partial charge in [0.05, 0.1) is 49.7 Å². The number of methoxy groups -OCH3 is 1. The lowest BCUT2D eigenvalue weighted by Crippen LogP contribution is -2.47. The van der Waals surface area contributed by atoms with Crippen LogP contribution in [-0.2, 0) is 32.2 Å². The van der Waals surface area contributed by atoms with E-state index < -0.39 is 23.6 Å².